The van der Waals surface area contributed by atoms with Crippen LogP contribution in [0.4, 0.5) is 0 Å². The fraction of sp³-hybridized carbons (Fsp3) is 1.00. The van der Waals surface area contributed by atoms with Crippen molar-refractivity contribution in [1.29, 1.82) is 0 Å². The summed E-state index contributed by atoms with van der Waals surface area (Å²) in [6.45, 7) is 1.30. The third-order valence-corrected chi connectivity index (χ3v) is 4.73. The molecule has 0 radical (unpaired) electrons. The number of nitrogens with one attached hydrogen (secondary N) is 1. The topological polar surface area (TPSA) is 52.5 Å². The molecule has 2 rings (SSSR count). The zero-order valence-corrected chi connectivity index (χ0v) is 11.6. The van der Waals surface area contributed by atoms with E-state index in [0.717, 1.165) is 51.4 Å². The van der Waals surface area contributed by atoms with Gasteiger partial charge in [0.05, 0.1) is 11.2 Å². The van der Waals surface area contributed by atoms with E-state index in [4.69, 9.17) is 0 Å². The third kappa shape index (κ3) is 4.22. The second-order valence-corrected chi connectivity index (χ2v) is 6.53. The molecule has 0 aliphatic heterocycles. The third-order valence-electron chi connectivity index (χ3n) is 4.73. The second kappa shape index (κ2) is 6.36. The van der Waals surface area contributed by atoms with E-state index in [1.165, 1.54) is 19.3 Å². The number of rotatable bonds is 4. The van der Waals surface area contributed by atoms with Gasteiger partial charge < -0.3 is 15.5 Å². The van der Waals surface area contributed by atoms with Gasteiger partial charge in [0, 0.05) is 13.1 Å². The summed E-state index contributed by atoms with van der Waals surface area (Å²) in [4.78, 5) is 0. The molecule has 0 aromatic rings. The molecule has 18 heavy (non-hydrogen) atoms. The van der Waals surface area contributed by atoms with Gasteiger partial charge in [-0.2, -0.15) is 0 Å². The maximum atomic E-state index is 10.5. The maximum absolute atomic E-state index is 10.5. The van der Waals surface area contributed by atoms with E-state index < -0.39 is 11.2 Å². The van der Waals surface area contributed by atoms with Crippen LogP contribution in [-0.2, 0) is 0 Å². The highest BCUT2D eigenvalue weighted by molar-refractivity contribution is 4.88. The zero-order valence-electron chi connectivity index (χ0n) is 11.6. The van der Waals surface area contributed by atoms with Crippen LogP contribution in [0.3, 0.4) is 0 Å². The van der Waals surface area contributed by atoms with Crippen molar-refractivity contribution in [3.63, 3.8) is 0 Å². The Balaban J connectivity index is 1.73. The van der Waals surface area contributed by atoms with Gasteiger partial charge in [-0.3, -0.25) is 0 Å². The summed E-state index contributed by atoms with van der Waals surface area (Å²) in [5.74, 6) is 0. The van der Waals surface area contributed by atoms with Crippen molar-refractivity contribution in [2.75, 3.05) is 13.1 Å². The lowest BCUT2D eigenvalue weighted by molar-refractivity contribution is -0.0107. The van der Waals surface area contributed by atoms with Crippen molar-refractivity contribution < 1.29 is 10.2 Å². The largest absolute Gasteiger partial charge is 0.389 e. The minimum atomic E-state index is -0.526. The molecule has 2 aliphatic carbocycles. The summed E-state index contributed by atoms with van der Waals surface area (Å²) in [6.07, 6.45) is 12.0. The quantitative estimate of drug-likeness (QED) is 0.676. The summed E-state index contributed by atoms with van der Waals surface area (Å²) in [5.41, 5.74) is -1.04. The maximum Gasteiger partial charge on any atom is 0.0771 e. The monoisotopic (exact) mass is 255 g/mol. The van der Waals surface area contributed by atoms with Crippen LogP contribution in [0.15, 0.2) is 0 Å². The lowest BCUT2D eigenvalue weighted by atomic mass is 9.84. The van der Waals surface area contributed by atoms with E-state index in [-0.39, 0.29) is 0 Å². The highest BCUT2D eigenvalue weighted by atomic mass is 16.3. The first-order valence-electron chi connectivity index (χ1n) is 7.78. The molecule has 0 aromatic heterocycles. The molecule has 3 N–H and O–H groups in total. The Kier molecular flexibility index (Phi) is 5.05. The van der Waals surface area contributed by atoms with E-state index in [9.17, 15) is 10.2 Å². The summed E-state index contributed by atoms with van der Waals surface area (Å²) in [5, 5.41) is 24.3. The number of hydrogen-bond donors (Lipinski definition) is 3. The Morgan fingerprint density at radius 2 is 0.944 bits per heavy atom. The molecule has 0 bridgehead atoms. The van der Waals surface area contributed by atoms with Gasteiger partial charge in [0.1, 0.15) is 0 Å². The van der Waals surface area contributed by atoms with Crippen molar-refractivity contribution in [3.8, 4) is 0 Å². The van der Waals surface area contributed by atoms with Crippen LogP contribution in [0.1, 0.15) is 70.6 Å². The molecule has 0 spiro atoms. The molecule has 0 amide bonds. The Bertz CT molecular complexity index is 241. The van der Waals surface area contributed by atoms with Gasteiger partial charge in [-0.05, 0) is 25.7 Å². The summed E-state index contributed by atoms with van der Waals surface area (Å²) in [6, 6.07) is 0. The molecule has 0 unspecified atom stereocenters. The van der Waals surface area contributed by atoms with E-state index in [2.05, 4.69) is 5.32 Å². The van der Waals surface area contributed by atoms with Gasteiger partial charge in [-0.25, -0.2) is 0 Å². The van der Waals surface area contributed by atoms with Crippen LogP contribution >= 0.6 is 0 Å². The van der Waals surface area contributed by atoms with Crippen molar-refractivity contribution >= 4 is 0 Å². The lowest BCUT2D eigenvalue weighted by Gasteiger charge is -2.34. The van der Waals surface area contributed by atoms with Crippen molar-refractivity contribution in [2.45, 2.75) is 81.8 Å². The van der Waals surface area contributed by atoms with Gasteiger partial charge in [-0.15, -0.1) is 0 Å². The molecular formula is C15H29NO2. The second-order valence-electron chi connectivity index (χ2n) is 6.53. The van der Waals surface area contributed by atoms with Crippen LogP contribution < -0.4 is 5.32 Å². The Labute approximate surface area is 111 Å². The average Bonchev–Trinajstić information content (AvgIpc) is 2.55. The fourth-order valence-corrected chi connectivity index (χ4v) is 3.48. The van der Waals surface area contributed by atoms with Gasteiger partial charge >= 0.3 is 0 Å². The van der Waals surface area contributed by atoms with Gasteiger partial charge in [0.25, 0.3) is 0 Å². The summed E-state index contributed by atoms with van der Waals surface area (Å²) in [7, 11) is 0. The molecule has 2 saturated carbocycles. The summed E-state index contributed by atoms with van der Waals surface area (Å²) >= 11 is 0. The fourth-order valence-electron chi connectivity index (χ4n) is 3.48. The number of hydrogen-bond acceptors (Lipinski definition) is 3. The van der Waals surface area contributed by atoms with Gasteiger partial charge in [0.15, 0.2) is 0 Å². The molecule has 2 aliphatic rings. The van der Waals surface area contributed by atoms with Crippen LogP contribution in [0.2, 0.25) is 0 Å². The highest BCUT2D eigenvalue weighted by Gasteiger charge is 2.31. The smallest absolute Gasteiger partial charge is 0.0771 e. The highest BCUT2D eigenvalue weighted by Crippen LogP contribution is 2.29. The van der Waals surface area contributed by atoms with Crippen molar-refractivity contribution in [2.24, 2.45) is 0 Å². The van der Waals surface area contributed by atoms with Gasteiger partial charge in [0.2, 0.25) is 0 Å². The molecule has 3 heteroatoms. The van der Waals surface area contributed by atoms with Crippen LogP contribution in [0, 0.1) is 0 Å². The van der Waals surface area contributed by atoms with E-state index >= 15 is 0 Å². The Morgan fingerprint density at radius 3 is 1.33 bits per heavy atom. The van der Waals surface area contributed by atoms with Crippen LogP contribution in [-0.4, -0.2) is 34.5 Å². The lowest BCUT2D eigenvalue weighted by Crippen LogP contribution is -2.47. The molecular weight excluding hydrogens is 226 g/mol. The first-order valence-corrected chi connectivity index (χ1v) is 7.78. The predicted molar refractivity (Wildman–Crippen MR) is 73.6 cm³/mol. The Morgan fingerprint density at radius 1 is 0.611 bits per heavy atom. The van der Waals surface area contributed by atoms with E-state index in [1.54, 1.807) is 0 Å². The van der Waals surface area contributed by atoms with Crippen LogP contribution in [0.5, 0.6) is 0 Å². The average molecular weight is 255 g/mol. The molecule has 0 aromatic carbocycles. The molecule has 0 heterocycles. The predicted octanol–water partition coefficient (Wildman–Crippen LogP) is 2.36. The Hall–Kier alpha value is -0.120. The van der Waals surface area contributed by atoms with Gasteiger partial charge in [-0.1, -0.05) is 44.9 Å². The molecule has 106 valence electrons. The molecule has 3 nitrogen and oxygen atoms in total. The normalized spacial score (nSPS) is 27.7. The summed E-state index contributed by atoms with van der Waals surface area (Å²) < 4.78 is 0. The number of aliphatic hydroxyl groups is 2. The van der Waals surface area contributed by atoms with Crippen LogP contribution in [0.25, 0.3) is 0 Å². The molecule has 0 atom stereocenters. The molecule has 2 fully saturated rings. The standard InChI is InChI=1S/C15H29NO2/c17-14(8-4-1-2-5-9-14)12-16-13-15(18)10-6-3-7-11-15/h16-18H,1-13H2. The van der Waals surface area contributed by atoms with Crippen molar-refractivity contribution in [1.82, 2.24) is 5.32 Å². The van der Waals surface area contributed by atoms with E-state index in [1.807, 2.05) is 0 Å². The minimum absolute atomic E-state index is 0.515. The van der Waals surface area contributed by atoms with E-state index in [0.29, 0.717) is 13.1 Å². The zero-order chi connectivity index (χ0) is 12.9. The minimum Gasteiger partial charge on any atom is -0.389 e. The first kappa shape index (κ1) is 14.3. The first-order chi connectivity index (χ1) is 8.62. The van der Waals surface area contributed by atoms with Crippen molar-refractivity contribution in [3.05, 3.63) is 0 Å². The SMILES string of the molecule is OC1(CNCC2(O)CCCCC2)CCCCCC1. The molecule has 0 saturated heterocycles.